The molecule has 0 radical (unpaired) electrons. The topological polar surface area (TPSA) is 17.1 Å². The molecule has 0 bridgehead atoms. The third-order valence-electron chi connectivity index (χ3n) is 1.17. The van der Waals surface area contributed by atoms with Gasteiger partial charge in [0.1, 0.15) is 0 Å². The van der Waals surface area contributed by atoms with Crippen LogP contribution in [0.15, 0.2) is 24.3 Å². The fourth-order valence-electron chi connectivity index (χ4n) is 0.637. The summed E-state index contributed by atoms with van der Waals surface area (Å²) in [6.45, 7) is 0. The van der Waals surface area contributed by atoms with E-state index in [2.05, 4.69) is 0 Å². The van der Waals surface area contributed by atoms with Gasteiger partial charge in [-0.25, -0.2) is 0 Å². The van der Waals surface area contributed by atoms with Crippen LogP contribution in [0, 0.1) is 0 Å². The molecule has 11 heavy (non-hydrogen) atoms. The molecule has 1 nitrogen and oxygen atoms in total. The van der Waals surface area contributed by atoms with Crippen molar-refractivity contribution in [2.45, 2.75) is 0 Å². The Balaban J connectivity index is 2.91. The Labute approximate surface area is 80.1 Å². The van der Waals surface area contributed by atoms with Crippen molar-refractivity contribution in [3.8, 4) is 0 Å². The maximum absolute atomic E-state index is 10.6. The summed E-state index contributed by atoms with van der Waals surface area (Å²) in [7, 11) is 5.60. The van der Waals surface area contributed by atoms with Crippen molar-refractivity contribution in [2.24, 2.45) is 0 Å². The van der Waals surface area contributed by atoms with Gasteiger partial charge in [0.05, 0.1) is 0 Å². The van der Waals surface area contributed by atoms with Gasteiger partial charge in [-0.1, -0.05) is 0 Å². The van der Waals surface area contributed by atoms with Crippen molar-refractivity contribution < 1.29 is 4.79 Å². The molecule has 0 fully saturated rings. The third-order valence-corrected chi connectivity index (χ3v) is 3.26. The van der Waals surface area contributed by atoms with Crippen LogP contribution in [0.1, 0.15) is 10.4 Å². The van der Waals surface area contributed by atoms with Crippen LogP contribution < -0.4 is 4.46 Å². The van der Waals surface area contributed by atoms with Gasteiger partial charge in [-0.2, -0.15) is 0 Å². The minimum absolute atomic E-state index is 0.0338. The molecule has 0 N–H and O–H groups in total. The van der Waals surface area contributed by atoms with Crippen LogP contribution in [-0.4, -0.2) is 19.3 Å². The predicted octanol–water partition coefficient (Wildman–Crippen LogP) is 1.55. The van der Waals surface area contributed by atoms with Gasteiger partial charge in [0.25, 0.3) is 0 Å². The van der Waals surface area contributed by atoms with Gasteiger partial charge in [0, 0.05) is 0 Å². The number of carbonyl (C=O) groups is 1. The average Bonchev–Trinajstić information content (AvgIpc) is 2.05. The fraction of sp³-hybridized carbons (Fsp3) is 0. The molecule has 1 rings (SSSR count). The molecule has 0 aliphatic rings. The van der Waals surface area contributed by atoms with Crippen LogP contribution in [0.4, 0.5) is 0 Å². The molecule has 0 unspecified atom stereocenters. The first-order valence-corrected chi connectivity index (χ1v) is 6.31. The molecule has 0 aromatic heterocycles. The zero-order chi connectivity index (χ0) is 8.27. The minimum atomic E-state index is -0.432. The molecule has 0 saturated carbocycles. The molecule has 0 aliphatic carbocycles. The van der Waals surface area contributed by atoms with E-state index < -0.39 is 5.24 Å². The van der Waals surface area contributed by atoms with Gasteiger partial charge in [-0.05, 0) is 0 Å². The van der Waals surface area contributed by atoms with Gasteiger partial charge in [-0.3, -0.25) is 0 Å². The summed E-state index contributed by atoms with van der Waals surface area (Å²) in [5.74, 6) is 0. The summed E-state index contributed by atoms with van der Waals surface area (Å²) in [6, 6.07) is 6.97. The molecule has 1 aromatic carbocycles. The van der Waals surface area contributed by atoms with Crippen LogP contribution in [-0.2, 0) is 0 Å². The molecule has 0 amide bonds. The molecule has 0 saturated heterocycles. The Morgan fingerprint density at radius 2 is 1.82 bits per heavy atom. The molecule has 0 spiro atoms. The number of hydrogen-bond acceptors (Lipinski definition) is 1. The fourth-order valence-corrected chi connectivity index (χ4v) is 1.80. The molecule has 0 heterocycles. The normalized spacial score (nSPS) is 9.64. The van der Waals surface area contributed by atoms with E-state index in [1.807, 2.05) is 12.1 Å². The van der Waals surface area contributed by atoms with E-state index in [9.17, 15) is 4.79 Å². The number of halogens is 2. The van der Waals surface area contributed by atoms with E-state index in [1.165, 1.54) is 0 Å². The maximum atomic E-state index is 10.6. The SMILES string of the molecule is O=C(Cl)c1ccc([Se]Cl)cc1. The molecule has 0 atom stereocenters. The molecule has 4 heteroatoms. The van der Waals surface area contributed by atoms with Crippen LogP contribution >= 0.6 is 21.7 Å². The molecule has 58 valence electrons. The summed E-state index contributed by atoms with van der Waals surface area (Å²) in [6.07, 6.45) is 0. The molecule has 1 aromatic rings. The second-order valence-corrected chi connectivity index (χ2v) is 4.33. The first-order valence-electron chi connectivity index (χ1n) is 2.82. The summed E-state index contributed by atoms with van der Waals surface area (Å²) >= 11 is 5.20. The second kappa shape index (κ2) is 4.12. The third kappa shape index (κ3) is 2.49. The summed E-state index contributed by atoms with van der Waals surface area (Å²) < 4.78 is 1.04. The second-order valence-electron chi connectivity index (χ2n) is 1.88. The monoisotopic (exact) mass is 254 g/mol. The van der Waals surface area contributed by atoms with Crippen molar-refractivity contribution in [3.63, 3.8) is 0 Å². The zero-order valence-corrected chi connectivity index (χ0v) is 8.61. The van der Waals surface area contributed by atoms with E-state index in [-0.39, 0.29) is 14.0 Å². The number of carbonyl (C=O) groups excluding carboxylic acids is 1. The van der Waals surface area contributed by atoms with Gasteiger partial charge in [0.2, 0.25) is 0 Å². The quantitative estimate of drug-likeness (QED) is 0.578. The van der Waals surface area contributed by atoms with E-state index in [0.717, 1.165) is 4.46 Å². The van der Waals surface area contributed by atoms with Crippen LogP contribution in [0.2, 0.25) is 0 Å². The predicted molar refractivity (Wildman–Crippen MR) is 47.9 cm³/mol. The van der Waals surface area contributed by atoms with Gasteiger partial charge in [-0.15, -0.1) is 0 Å². The van der Waals surface area contributed by atoms with E-state index >= 15 is 0 Å². The van der Waals surface area contributed by atoms with Crippen LogP contribution in [0.3, 0.4) is 0 Å². The van der Waals surface area contributed by atoms with Gasteiger partial charge >= 0.3 is 80.1 Å². The summed E-state index contributed by atoms with van der Waals surface area (Å²) in [5, 5.41) is -0.432. The summed E-state index contributed by atoms with van der Waals surface area (Å²) in [5.41, 5.74) is 0.510. The Morgan fingerprint density at radius 1 is 1.27 bits per heavy atom. The Hall–Kier alpha value is -0.0105. The molecule has 0 aliphatic heterocycles. The van der Waals surface area contributed by atoms with Crippen molar-refractivity contribution in [2.75, 3.05) is 0 Å². The van der Waals surface area contributed by atoms with Crippen molar-refractivity contribution in [3.05, 3.63) is 29.8 Å². The first kappa shape index (κ1) is 9.08. The molecular formula is C7H4Cl2OSe. The van der Waals surface area contributed by atoms with Crippen molar-refractivity contribution >= 4 is 45.4 Å². The Bertz CT molecular complexity index is 258. The van der Waals surface area contributed by atoms with E-state index in [4.69, 9.17) is 21.7 Å². The Kier molecular flexibility index (Phi) is 3.41. The van der Waals surface area contributed by atoms with Crippen LogP contribution in [0.25, 0.3) is 0 Å². The number of benzene rings is 1. The van der Waals surface area contributed by atoms with E-state index in [0.29, 0.717) is 5.56 Å². The van der Waals surface area contributed by atoms with Gasteiger partial charge in [0.15, 0.2) is 0 Å². The van der Waals surface area contributed by atoms with Crippen molar-refractivity contribution in [1.82, 2.24) is 0 Å². The first-order chi connectivity index (χ1) is 5.24. The van der Waals surface area contributed by atoms with Gasteiger partial charge < -0.3 is 0 Å². The average molecular weight is 254 g/mol. The zero-order valence-electron chi connectivity index (χ0n) is 5.38. The van der Waals surface area contributed by atoms with E-state index in [1.54, 1.807) is 12.1 Å². The molecular weight excluding hydrogens is 250 g/mol. The Morgan fingerprint density at radius 3 is 2.18 bits per heavy atom. The standard InChI is InChI=1S/C7H4Cl2OSe/c8-7(10)5-1-3-6(11-9)4-2-5/h1-4H. The summed E-state index contributed by atoms with van der Waals surface area (Å²) in [4.78, 5) is 10.6. The number of hydrogen-bond donors (Lipinski definition) is 0. The van der Waals surface area contributed by atoms with Crippen LogP contribution in [0.5, 0.6) is 0 Å². The van der Waals surface area contributed by atoms with Crippen molar-refractivity contribution in [1.29, 1.82) is 0 Å². The number of rotatable bonds is 2.